The average molecular weight is 1700 g/mol. The van der Waals surface area contributed by atoms with E-state index >= 15 is 0 Å². The number of phenolic OH excluding ortho intramolecular Hbond substituents is 1. The summed E-state index contributed by atoms with van der Waals surface area (Å²) in [5, 5.41) is 107. The van der Waals surface area contributed by atoms with Crippen LogP contribution in [0, 0.1) is 28.6 Å². The molecule has 34 N–H and O–H groups in total. The van der Waals surface area contributed by atoms with E-state index in [1.54, 1.807) is 13.8 Å². The molecule has 672 valence electrons. The molecule has 0 aliphatic carbocycles. The van der Waals surface area contributed by atoms with Crippen LogP contribution in [-0.2, 0) is 92.7 Å². The monoisotopic (exact) mass is 1700 g/mol. The molecule has 120 heavy (non-hydrogen) atoms. The molecule has 14 atom stereocenters. The summed E-state index contributed by atoms with van der Waals surface area (Å²) in [4.78, 5) is 242. The molecule has 1 aromatic carbocycles. The summed E-state index contributed by atoms with van der Waals surface area (Å²) in [7, 11) is 0. The summed E-state index contributed by atoms with van der Waals surface area (Å²) in [5.74, 6) is -22.4. The third-order valence-corrected chi connectivity index (χ3v) is 18.2. The number of nitrogens with one attached hydrogen (secondary N) is 19. The van der Waals surface area contributed by atoms with Crippen molar-refractivity contribution in [3.05, 3.63) is 29.8 Å². The first-order chi connectivity index (χ1) is 56.4. The first-order valence-corrected chi connectivity index (χ1v) is 39.2. The van der Waals surface area contributed by atoms with Gasteiger partial charge in [0.25, 0.3) is 0 Å². The minimum absolute atomic E-state index is 0.0263. The third kappa shape index (κ3) is 40.8. The number of carboxylic acid groups (broad SMARTS) is 2. The minimum atomic E-state index is -2.03. The molecule has 0 unspecified atom stereocenters. The number of amides is 16. The highest BCUT2D eigenvalue weighted by Gasteiger charge is 2.39. The highest BCUT2D eigenvalue weighted by molar-refractivity contribution is 6.01. The van der Waals surface area contributed by atoms with Crippen LogP contribution in [0.5, 0.6) is 5.75 Å². The quantitative estimate of drug-likeness (QED) is 0.0164. The van der Waals surface area contributed by atoms with Gasteiger partial charge in [-0.05, 0) is 133 Å². The number of primary amides is 2. The van der Waals surface area contributed by atoms with Crippen LogP contribution in [0.25, 0.3) is 0 Å². The molecule has 1 fully saturated rings. The molecule has 47 heteroatoms. The number of aromatic hydroxyl groups is 1. The van der Waals surface area contributed by atoms with Crippen molar-refractivity contribution in [3.8, 4) is 5.75 Å². The number of guanidine groups is 2. The molecule has 16 amide bonds. The van der Waals surface area contributed by atoms with Gasteiger partial charge in [0.2, 0.25) is 94.5 Å². The molecule has 2 rings (SSSR count). The molecule has 1 aromatic rings. The number of benzene rings is 1. The number of aliphatic hydroxyl groups excluding tert-OH is 2. The number of carbonyl (C=O) groups excluding carboxylic acids is 16. The van der Waals surface area contributed by atoms with E-state index in [9.17, 15) is 112 Å². The molecule has 1 heterocycles. The van der Waals surface area contributed by atoms with Crippen LogP contribution in [0.15, 0.2) is 24.3 Å². The maximum atomic E-state index is 14.4. The first kappa shape index (κ1) is 104. The van der Waals surface area contributed by atoms with Crippen LogP contribution in [0.2, 0.25) is 0 Å². The SMILES string of the molecule is CC(C)C[C@H](NC(=O)[C@H](CC(N)=O)NC(=O)[C@H](CCC(=O)O)NC(=O)[C@H](CC(N)=O)NC(=O)[C@H](CCCNC(=N)N)NC(=O)[C@H](CCCNC(=N)N)NC(=O)CNC(=O)CNC(=O)[C@@H](NC(=O)[C@@H](NC(=O)[C@H](CO)NC(=O)[C@H](CCCCN)NC(=O)[C@H](Cc1ccc(O)cc1)NC(=O)[C@H](CC(C)C)NC(=O)[C@@H]1CCCN1)[C@@H](C)O)C(C)C)C(=O)O. The lowest BCUT2D eigenvalue weighted by atomic mass is 10.00. The fraction of sp³-hybridized carbons (Fsp3) is 0.644. The Labute approximate surface area is 692 Å². The normalized spacial score (nSPS) is 15.6. The Hall–Kier alpha value is -12.1. The fourth-order valence-corrected chi connectivity index (χ4v) is 11.9. The van der Waals surface area contributed by atoms with Crippen LogP contribution in [-0.4, -0.2) is 274 Å². The van der Waals surface area contributed by atoms with Gasteiger partial charge in [0.1, 0.15) is 78.3 Å². The summed E-state index contributed by atoms with van der Waals surface area (Å²) in [6.07, 6.45) is -4.32. The second-order valence-electron chi connectivity index (χ2n) is 29.9. The lowest BCUT2D eigenvalue weighted by molar-refractivity contribution is -0.143. The van der Waals surface area contributed by atoms with E-state index in [1.807, 2.05) is 13.8 Å². The van der Waals surface area contributed by atoms with Gasteiger partial charge in [0.05, 0.1) is 44.7 Å². The van der Waals surface area contributed by atoms with Gasteiger partial charge in [-0.25, -0.2) is 4.79 Å². The Morgan fingerprint density at radius 3 is 1.32 bits per heavy atom. The Morgan fingerprint density at radius 2 is 0.875 bits per heavy atom. The van der Waals surface area contributed by atoms with E-state index in [-0.39, 0.29) is 95.0 Å². The van der Waals surface area contributed by atoms with E-state index in [0.29, 0.717) is 24.9 Å². The first-order valence-electron chi connectivity index (χ1n) is 39.2. The Morgan fingerprint density at radius 1 is 0.458 bits per heavy atom. The van der Waals surface area contributed by atoms with Crippen molar-refractivity contribution in [3.63, 3.8) is 0 Å². The summed E-state index contributed by atoms with van der Waals surface area (Å²) in [5.41, 5.74) is 27.9. The standard InChI is InChI=1S/C73H122N24O23/c1-35(2)27-46(90-59(107)41-14-10-24-81-41)64(112)91-47(29-39-17-19-40(100)20-18-39)65(113)88-43(13-8-9-23-74)62(110)95-51(34-98)68(116)97-58(38(7)99)70(118)96-57(37(5)6)69(117)85-32-54(103)84-33-55(104)86-42(15-11-25-82-72(77)78)60(108)87-44(16-12-26-83-73(79)80)61(109)92-48(30-52(75)101)66(114)89-45(21-22-56(105)106)63(111)93-49(31-53(76)102)67(115)94-50(71(119)120)28-36(3)4/h17-20,35-38,41-51,57-58,81,98-100H,8-16,21-34,74H2,1-7H3,(H2,75,101)(H2,76,102)(H,84,103)(H,85,117)(H,86,104)(H,87,108)(H,88,113)(H,89,114)(H,90,107)(H,91,112)(H,92,109)(H,93,111)(H,94,115)(H,95,110)(H,96,118)(H,97,116)(H,105,106)(H,119,120)(H4,77,78,82)(H4,79,80,83)/t38-,41+,42+,43+,44+,45+,46+,47+,48+,49+,50+,51+,57+,58+/m1/s1. The van der Waals surface area contributed by atoms with Gasteiger partial charge in [0, 0.05) is 25.9 Å². The zero-order valence-corrected chi connectivity index (χ0v) is 68.4. The second-order valence-corrected chi connectivity index (χ2v) is 29.9. The molecule has 1 aliphatic heterocycles. The summed E-state index contributed by atoms with van der Waals surface area (Å²) < 4.78 is 0. The van der Waals surface area contributed by atoms with Crippen molar-refractivity contribution in [1.29, 1.82) is 10.8 Å². The molecule has 0 spiro atoms. The molecular weight excluding hydrogens is 1580 g/mol. The number of hydrogen-bond donors (Lipinski definition) is 29. The number of carbonyl (C=O) groups is 18. The molecule has 0 radical (unpaired) electrons. The number of aliphatic carboxylic acids is 2. The lowest BCUT2D eigenvalue weighted by Crippen LogP contribution is -2.62. The number of hydrogen-bond acceptors (Lipinski definition) is 25. The smallest absolute Gasteiger partial charge is 0.326 e. The third-order valence-electron chi connectivity index (χ3n) is 18.2. The van der Waals surface area contributed by atoms with E-state index in [0.717, 1.165) is 13.3 Å². The molecule has 1 saturated heterocycles. The van der Waals surface area contributed by atoms with Crippen LogP contribution in [0.4, 0.5) is 0 Å². The van der Waals surface area contributed by atoms with Gasteiger partial charge in [-0.15, -0.1) is 0 Å². The van der Waals surface area contributed by atoms with E-state index in [4.69, 9.17) is 39.5 Å². The maximum absolute atomic E-state index is 14.4. The summed E-state index contributed by atoms with van der Waals surface area (Å²) in [6, 6.07) is -14.8. The molecular formula is C73H122N24O23. The van der Waals surface area contributed by atoms with Gasteiger partial charge in [0.15, 0.2) is 11.9 Å². The fourth-order valence-electron chi connectivity index (χ4n) is 11.9. The molecule has 47 nitrogen and oxygen atoms in total. The largest absolute Gasteiger partial charge is 0.508 e. The number of aliphatic hydroxyl groups is 2. The van der Waals surface area contributed by atoms with E-state index in [1.165, 1.54) is 38.1 Å². The Balaban J connectivity index is 2.35. The number of nitrogens with two attached hydrogens (primary N) is 5. The molecule has 0 aromatic heterocycles. The zero-order valence-electron chi connectivity index (χ0n) is 68.4. The van der Waals surface area contributed by atoms with Crippen LogP contribution >= 0.6 is 0 Å². The van der Waals surface area contributed by atoms with E-state index < -0.39 is 254 Å². The Bertz CT molecular complexity index is 3700. The Kier molecular flexibility index (Phi) is 46.8. The summed E-state index contributed by atoms with van der Waals surface area (Å²) in [6.45, 7) is 8.72. The maximum Gasteiger partial charge on any atom is 0.326 e. The van der Waals surface area contributed by atoms with Crippen LogP contribution < -0.4 is 119 Å². The minimum Gasteiger partial charge on any atom is -0.508 e. The highest BCUT2D eigenvalue weighted by atomic mass is 16.4. The molecule has 1 aliphatic rings. The predicted molar refractivity (Wildman–Crippen MR) is 428 cm³/mol. The van der Waals surface area contributed by atoms with Gasteiger partial charge in [-0.1, -0.05) is 53.7 Å². The van der Waals surface area contributed by atoms with Crippen LogP contribution in [0.1, 0.15) is 150 Å². The van der Waals surface area contributed by atoms with Gasteiger partial charge in [-0.2, -0.15) is 0 Å². The zero-order chi connectivity index (χ0) is 90.6. The van der Waals surface area contributed by atoms with Crippen molar-refractivity contribution in [2.24, 2.45) is 46.4 Å². The molecule has 0 bridgehead atoms. The lowest BCUT2D eigenvalue weighted by Gasteiger charge is -2.28. The highest BCUT2D eigenvalue weighted by Crippen LogP contribution is 2.16. The van der Waals surface area contributed by atoms with Crippen molar-refractivity contribution >= 4 is 118 Å². The number of unbranched alkanes of at least 4 members (excludes halogenated alkanes) is 1. The predicted octanol–water partition coefficient (Wildman–Crippen LogP) is -9.79. The topological polar surface area (TPSA) is 791 Å². The number of carboxylic acids is 2. The van der Waals surface area contributed by atoms with Crippen molar-refractivity contribution in [2.45, 2.75) is 236 Å². The number of rotatable bonds is 57. The average Bonchev–Trinajstić information content (AvgIpc) is 0.952. The molecule has 0 saturated carbocycles. The second kappa shape index (κ2) is 54.0. The number of phenols is 1. The van der Waals surface area contributed by atoms with Gasteiger partial charge in [-0.3, -0.25) is 92.3 Å². The van der Waals surface area contributed by atoms with Crippen molar-refractivity contribution in [1.82, 2.24) is 90.4 Å². The van der Waals surface area contributed by atoms with E-state index in [2.05, 4.69) is 90.4 Å². The summed E-state index contributed by atoms with van der Waals surface area (Å²) >= 11 is 0. The van der Waals surface area contributed by atoms with Crippen LogP contribution in [0.3, 0.4) is 0 Å². The van der Waals surface area contributed by atoms with Gasteiger partial charge >= 0.3 is 11.9 Å². The van der Waals surface area contributed by atoms with Crippen molar-refractivity contribution in [2.75, 3.05) is 45.9 Å². The van der Waals surface area contributed by atoms with Gasteiger partial charge < -0.3 is 145 Å². The van der Waals surface area contributed by atoms with Crippen molar-refractivity contribution < 1.29 is 112 Å².